The molecule has 1 N–H and O–H groups in total. The van der Waals surface area contributed by atoms with Crippen LogP contribution < -0.4 is 10.2 Å². The molecule has 18 heavy (non-hydrogen) atoms. The van der Waals surface area contributed by atoms with Crippen molar-refractivity contribution in [1.29, 1.82) is 0 Å². The highest BCUT2D eigenvalue weighted by molar-refractivity contribution is 5.88. The van der Waals surface area contributed by atoms with Crippen LogP contribution in [0.15, 0.2) is 18.2 Å². The Morgan fingerprint density at radius 3 is 2.72 bits per heavy atom. The number of hydrogen-bond donors (Lipinski definition) is 1. The largest absolute Gasteiger partial charge is 0.362 e. The summed E-state index contributed by atoms with van der Waals surface area (Å²) in [6, 6.07) is 4.39. The second kappa shape index (κ2) is 6.74. The minimum absolute atomic E-state index is 0.0105. The predicted octanol–water partition coefficient (Wildman–Crippen LogP) is 1.60. The molecule has 0 aliphatic heterocycles. The Morgan fingerprint density at radius 1 is 1.44 bits per heavy atom. The summed E-state index contributed by atoms with van der Waals surface area (Å²) in [6.07, 6.45) is 0.477. The zero-order valence-corrected chi connectivity index (χ0v) is 10.6. The van der Waals surface area contributed by atoms with Crippen LogP contribution in [0.2, 0.25) is 0 Å². The standard InChI is InChI=1S/C13H17FN2O2/c1-3-15-13(18)8-16(4-2)12-7-5-6-11(14)10(12)9-17/h5-7,9H,3-4,8H2,1-2H3,(H,15,18). The summed E-state index contributed by atoms with van der Waals surface area (Å²) in [4.78, 5) is 24.1. The van der Waals surface area contributed by atoms with Crippen LogP contribution in [0.5, 0.6) is 0 Å². The van der Waals surface area contributed by atoms with Crippen LogP contribution >= 0.6 is 0 Å². The first-order valence-electron chi connectivity index (χ1n) is 5.89. The zero-order valence-electron chi connectivity index (χ0n) is 10.6. The van der Waals surface area contributed by atoms with Crippen LogP contribution in [-0.4, -0.2) is 31.8 Å². The van der Waals surface area contributed by atoms with Gasteiger partial charge in [0.2, 0.25) is 5.91 Å². The van der Waals surface area contributed by atoms with Crippen molar-refractivity contribution >= 4 is 17.9 Å². The van der Waals surface area contributed by atoms with Gasteiger partial charge < -0.3 is 10.2 Å². The third kappa shape index (κ3) is 3.29. The lowest BCUT2D eigenvalue weighted by molar-refractivity contribution is -0.119. The van der Waals surface area contributed by atoms with Crippen molar-refractivity contribution in [2.45, 2.75) is 13.8 Å². The molecule has 0 radical (unpaired) electrons. The summed E-state index contributed by atoms with van der Waals surface area (Å²) in [5.74, 6) is -0.725. The molecule has 0 saturated carbocycles. The topological polar surface area (TPSA) is 49.4 Å². The molecule has 0 bridgehead atoms. The molecule has 0 aromatic heterocycles. The molecule has 5 heteroatoms. The molecule has 0 spiro atoms. The molecule has 0 unspecified atom stereocenters. The van der Waals surface area contributed by atoms with Crippen molar-refractivity contribution in [1.82, 2.24) is 5.32 Å². The Labute approximate surface area is 106 Å². The molecule has 1 rings (SSSR count). The van der Waals surface area contributed by atoms with Gasteiger partial charge in [0.25, 0.3) is 0 Å². The van der Waals surface area contributed by atoms with Gasteiger partial charge in [0, 0.05) is 13.1 Å². The first-order valence-corrected chi connectivity index (χ1v) is 5.89. The zero-order chi connectivity index (χ0) is 13.5. The molecule has 1 amide bonds. The molecule has 0 atom stereocenters. The SMILES string of the molecule is CCNC(=O)CN(CC)c1cccc(F)c1C=O. The average Bonchev–Trinajstić information content (AvgIpc) is 2.36. The number of benzene rings is 1. The lowest BCUT2D eigenvalue weighted by Crippen LogP contribution is -2.37. The number of anilines is 1. The second-order valence-corrected chi connectivity index (χ2v) is 3.76. The molecule has 98 valence electrons. The Balaban J connectivity index is 2.98. The van der Waals surface area contributed by atoms with E-state index in [1.165, 1.54) is 12.1 Å². The number of rotatable bonds is 6. The maximum atomic E-state index is 13.5. The first kappa shape index (κ1) is 14.2. The summed E-state index contributed by atoms with van der Waals surface area (Å²) in [6.45, 7) is 4.84. The summed E-state index contributed by atoms with van der Waals surface area (Å²) < 4.78 is 13.5. The molecule has 0 aliphatic rings. The van der Waals surface area contributed by atoms with E-state index in [2.05, 4.69) is 5.32 Å². The van der Waals surface area contributed by atoms with E-state index in [1.54, 1.807) is 11.0 Å². The minimum atomic E-state index is -0.572. The van der Waals surface area contributed by atoms with Gasteiger partial charge in [-0.15, -0.1) is 0 Å². The number of carbonyl (C=O) groups is 2. The van der Waals surface area contributed by atoms with E-state index in [1.807, 2.05) is 13.8 Å². The van der Waals surface area contributed by atoms with Crippen molar-refractivity contribution in [3.63, 3.8) is 0 Å². The summed E-state index contributed by atoms with van der Waals surface area (Å²) in [5.41, 5.74) is 0.433. The van der Waals surface area contributed by atoms with Crippen LogP contribution in [0.25, 0.3) is 0 Å². The highest BCUT2D eigenvalue weighted by Crippen LogP contribution is 2.21. The summed E-state index contributed by atoms with van der Waals surface area (Å²) in [7, 11) is 0. The fourth-order valence-electron chi connectivity index (χ4n) is 1.71. The first-order chi connectivity index (χ1) is 8.63. The Morgan fingerprint density at radius 2 is 2.17 bits per heavy atom. The minimum Gasteiger partial charge on any atom is -0.362 e. The monoisotopic (exact) mass is 252 g/mol. The van der Waals surface area contributed by atoms with Gasteiger partial charge in [0.1, 0.15) is 5.82 Å². The number of nitrogens with one attached hydrogen (secondary N) is 1. The molecular formula is C13H17FN2O2. The number of likely N-dealkylation sites (N-methyl/N-ethyl adjacent to an activating group) is 2. The van der Waals surface area contributed by atoms with Gasteiger partial charge in [-0.05, 0) is 26.0 Å². The lowest BCUT2D eigenvalue weighted by Gasteiger charge is -2.23. The molecule has 0 saturated heterocycles. The second-order valence-electron chi connectivity index (χ2n) is 3.76. The molecule has 1 aromatic rings. The quantitative estimate of drug-likeness (QED) is 0.782. The molecule has 1 aromatic carbocycles. The maximum absolute atomic E-state index is 13.5. The number of nitrogens with zero attached hydrogens (tertiary/aromatic N) is 1. The third-order valence-electron chi connectivity index (χ3n) is 2.58. The van der Waals surface area contributed by atoms with Gasteiger partial charge in [-0.2, -0.15) is 0 Å². The van der Waals surface area contributed by atoms with Gasteiger partial charge in [-0.25, -0.2) is 4.39 Å². The van der Waals surface area contributed by atoms with E-state index in [9.17, 15) is 14.0 Å². The molecule has 0 fully saturated rings. The van der Waals surface area contributed by atoms with Crippen LogP contribution in [0, 0.1) is 5.82 Å². The van der Waals surface area contributed by atoms with Gasteiger partial charge in [0.05, 0.1) is 17.8 Å². The highest BCUT2D eigenvalue weighted by Gasteiger charge is 2.15. The molecule has 4 nitrogen and oxygen atoms in total. The van der Waals surface area contributed by atoms with Crippen molar-refractivity contribution < 1.29 is 14.0 Å². The van der Waals surface area contributed by atoms with Crippen LogP contribution in [-0.2, 0) is 4.79 Å². The van der Waals surface area contributed by atoms with E-state index in [-0.39, 0.29) is 18.0 Å². The lowest BCUT2D eigenvalue weighted by atomic mass is 10.1. The average molecular weight is 252 g/mol. The van der Waals surface area contributed by atoms with Gasteiger partial charge in [-0.3, -0.25) is 9.59 Å². The Hall–Kier alpha value is -1.91. The van der Waals surface area contributed by atoms with E-state index >= 15 is 0 Å². The maximum Gasteiger partial charge on any atom is 0.239 e. The highest BCUT2D eigenvalue weighted by atomic mass is 19.1. The number of amides is 1. The molecular weight excluding hydrogens is 235 g/mol. The summed E-state index contributed by atoms with van der Waals surface area (Å²) in [5, 5.41) is 2.67. The van der Waals surface area contributed by atoms with Gasteiger partial charge in [-0.1, -0.05) is 6.07 Å². The van der Waals surface area contributed by atoms with Crippen LogP contribution in [0.1, 0.15) is 24.2 Å². The van der Waals surface area contributed by atoms with Crippen molar-refractivity contribution in [2.75, 3.05) is 24.5 Å². The fraction of sp³-hybridized carbons (Fsp3) is 0.385. The smallest absolute Gasteiger partial charge is 0.239 e. The Bertz CT molecular complexity index is 435. The van der Waals surface area contributed by atoms with Crippen molar-refractivity contribution in [2.24, 2.45) is 0 Å². The fourth-order valence-corrected chi connectivity index (χ4v) is 1.71. The number of halogens is 1. The normalized spacial score (nSPS) is 9.94. The van der Waals surface area contributed by atoms with Gasteiger partial charge >= 0.3 is 0 Å². The predicted molar refractivity (Wildman–Crippen MR) is 68.4 cm³/mol. The van der Waals surface area contributed by atoms with Crippen LogP contribution in [0.4, 0.5) is 10.1 Å². The number of carbonyl (C=O) groups excluding carboxylic acids is 2. The third-order valence-corrected chi connectivity index (χ3v) is 2.58. The van der Waals surface area contributed by atoms with Crippen molar-refractivity contribution in [3.05, 3.63) is 29.6 Å². The van der Waals surface area contributed by atoms with E-state index in [0.29, 0.717) is 25.1 Å². The van der Waals surface area contributed by atoms with E-state index in [4.69, 9.17) is 0 Å². The molecule has 0 aliphatic carbocycles. The van der Waals surface area contributed by atoms with Crippen LogP contribution in [0.3, 0.4) is 0 Å². The van der Waals surface area contributed by atoms with Crippen molar-refractivity contribution in [3.8, 4) is 0 Å². The van der Waals surface area contributed by atoms with E-state index in [0.717, 1.165) is 0 Å². The Kier molecular flexibility index (Phi) is 5.30. The van der Waals surface area contributed by atoms with E-state index < -0.39 is 5.82 Å². The summed E-state index contributed by atoms with van der Waals surface area (Å²) >= 11 is 0. The van der Waals surface area contributed by atoms with Gasteiger partial charge in [0.15, 0.2) is 6.29 Å². The number of hydrogen-bond acceptors (Lipinski definition) is 3. The number of aldehydes is 1. The molecule has 0 heterocycles.